The number of aromatic nitrogens is 4. The van der Waals surface area contributed by atoms with Crippen LogP contribution in [0.3, 0.4) is 0 Å². The molecule has 0 unspecified atom stereocenters. The molecule has 4 nitrogen and oxygen atoms in total. The van der Waals surface area contributed by atoms with Crippen molar-refractivity contribution in [3.63, 3.8) is 0 Å². The summed E-state index contributed by atoms with van der Waals surface area (Å²) in [6, 6.07) is 1.28. The van der Waals surface area contributed by atoms with Crippen molar-refractivity contribution >= 4 is 21.7 Å². The van der Waals surface area contributed by atoms with Gasteiger partial charge < -0.3 is 0 Å². The van der Waals surface area contributed by atoms with E-state index in [0.717, 1.165) is 0 Å². The molecule has 2 heterocycles. The smallest absolute Gasteiger partial charge is 0.216 e. The van der Waals surface area contributed by atoms with Gasteiger partial charge in [0, 0.05) is 23.0 Å². The number of benzene rings is 1. The Hall–Kier alpha value is -1.96. The van der Waals surface area contributed by atoms with Crippen molar-refractivity contribution in [3.05, 3.63) is 47.3 Å². The van der Waals surface area contributed by atoms with Crippen LogP contribution in [-0.2, 0) is 5.33 Å². The van der Waals surface area contributed by atoms with Gasteiger partial charge in [-0.3, -0.25) is 0 Å². The van der Waals surface area contributed by atoms with Gasteiger partial charge in [0.25, 0.3) is 5.78 Å². The highest BCUT2D eigenvalue weighted by atomic mass is 79.9. The lowest BCUT2D eigenvalue weighted by atomic mass is 10.0. The maximum Gasteiger partial charge on any atom is 0.252 e. The van der Waals surface area contributed by atoms with E-state index in [1.54, 1.807) is 6.92 Å². The lowest BCUT2D eigenvalue weighted by Gasteiger charge is -2.13. The predicted octanol–water partition coefficient (Wildman–Crippen LogP) is 3.41. The van der Waals surface area contributed by atoms with E-state index in [-0.39, 0.29) is 16.5 Å². The van der Waals surface area contributed by atoms with Crippen LogP contribution in [0.1, 0.15) is 11.4 Å². The van der Waals surface area contributed by atoms with Gasteiger partial charge in [0.15, 0.2) is 0 Å². The number of fused-ring (bicyclic) bond motifs is 1. The Kier molecular flexibility index (Phi) is 3.40. The Morgan fingerprint density at radius 3 is 2.43 bits per heavy atom. The quantitative estimate of drug-likeness (QED) is 0.661. The fraction of sp³-hybridized carbons (Fsp3) is 0.154. The summed E-state index contributed by atoms with van der Waals surface area (Å²) in [5, 5.41) is 4.27. The minimum absolute atomic E-state index is 0.236. The highest BCUT2D eigenvalue weighted by Crippen LogP contribution is 2.33. The van der Waals surface area contributed by atoms with Gasteiger partial charge in [-0.25, -0.2) is 18.2 Å². The zero-order valence-corrected chi connectivity index (χ0v) is 12.3. The van der Waals surface area contributed by atoms with Gasteiger partial charge in [0.1, 0.15) is 23.8 Å². The molecule has 0 saturated carbocycles. The summed E-state index contributed by atoms with van der Waals surface area (Å²) >= 11 is 3.27. The first-order valence-corrected chi connectivity index (χ1v) is 7.05. The topological polar surface area (TPSA) is 43.1 Å². The van der Waals surface area contributed by atoms with Gasteiger partial charge in [-0.2, -0.15) is 14.6 Å². The number of rotatable bonds is 2. The monoisotopic (exact) mass is 356 g/mol. The highest BCUT2D eigenvalue weighted by molar-refractivity contribution is 9.08. The van der Waals surface area contributed by atoms with Gasteiger partial charge in [0.2, 0.25) is 0 Å². The van der Waals surface area contributed by atoms with Crippen LogP contribution >= 0.6 is 15.9 Å². The van der Waals surface area contributed by atoms with Crippen LogP contribution in [0.15, 0.2) is 18.5 Å². The van der Waals surface area contributed by atoms with E-state index in [0.29, 0.717) is 29.3 Å². The van der Waals surface area contributed by atoms with Crippen molar-refractivity contribution in [2.75, 3.05) is 0 Å². The van der Waals surface area contributed by atoms with E-state index in [1.165, 1.54) is 10.8 Å². The molecule has 0 atom stereocenters. The Balaban J connectivity index is 2.42. The van der Waals surface area contributed by atoms with Gasteiger partial charge >= 0.3 is 0 Å². The molecule has 0 radical (unpaired) electrons. The third kappa shape index (κ3) is 2.19. The largest absolute Gasteiger partial charge is 0.252 e. The number of alkyl halides is 1. The van der Waals surface area contributed by atoms with Crippen LogP contribution in [0.25, 0.3) is 16.9 Å². The molecule has 2 aromatic heterocycles. The molecule has 0 N–H and O–H groups in total. The van der Waals surface area contributed by atoms with Crippen LogP contribution in [-0.4, -0.2) is 19.6 Å². The maximum absolute atomic E-state index is 14.1. The average molecular weight is 357 g/mol. The third-order valence-electron chi connectivity index (χ3n) is 3.09. The Morgan fingerprint density at radius 1 is 1.14 bits per heavy atom. The van der Waals surface area contributed by atoms with E-state index in [9.17, 15) is 13.2 Å². The van der Waals surface area contributed by atoms with E-state index in [1.807, 2.05) is 0 Å². The van der Waals surface area contributed by atoms with Crippen molar-refractivity contribution in [2.24, 2.45) is 0 Å². The van der Waals surface area contributed by atoms with E-state index >= 15 is 0 Å². The number of aryl methyl sites for hydroxylation is 1. The van der Waals surface area contributed by atoms with Gasteiger partial charge in [-0.1, -0.05) is 15.9 Å². The van der Waals surface area contributed by atoms with Crippen molar-refractivity contribution in [1.29, 1.82) is 0 Å². The van der Waals surface area contributed by atoms with E-state index in [2.05, 4.69) is 31.0 Å². The fourth-order valence-corrected chi connectivity index (χ4v) is 2.77. The molecular weight excluding hydrogens is 349 g/mol. The standard InChI is InChI=1S/C13H8BrF3N4/c1-6-11(12-8(16)2-7(15)3-9(12)17)10(4-14)21-13(20-6)18-5-19-21/h2-3,5H,4H2,1H3. The van der Waals surface area contributed by atoms with Gasteiger partial charge in [-0.15, -0.1) is 0 Å². The highest BCUT2D eigenvalue weighted by Gasteiger charge is 2.22. The summed E-state index contributed by atoms with van der Waals surface area (Å²) in [7, 11) is 0. The zero-order valence-electron chi connectivity index (χ0n) is 10.7. The number of nitrogens with zero attached hydrogens (tertiary/aromatic N) is 4. The second-order valence-electron chi connectivity index (χ2n) is 4.37. The first kappa shape index (κ1) is 14.0. The lowest BCUT2D eigenvalue weighted by molar-refractivity contribution is 0.547. The summed E-state index contributed by atoms with van der Waals surface area (Å²) in [5.74, 6) is -2.62. The number of hydrogen-bond donors (Lipinski definition) is 0. The second kappa shape index (κ2) is 5.10. The van der Waals surface area contributed by atoms with Crippen LogP contribution in [0, 0.1) is 24.4 Å². The normalized spacial score (nSPS) is 11.3. The lowest BCUT2D eigenvalue weighted by Crippen LogP contribution is -2.07. The average Bonchev–Trinajstić information content (AvgIpc) is 2.85. The molecule has 0 aliphatic rings. The Bertz CT molecular complexity index is 824. The predicted molar refractivity (Wildman–Crippen MR) is 73.5 cm³/mol. The molecule has 0 aliphatic heterocycles. The summed E-state index contributed by atoms with van der Waals surface area (Å²) in [6.45, 7) is 1.61. The van der Waals surface area contributed by atoms with Crippen molar-refractivity contribution in [3.8, 4) is 11.1 Å². The third-order valence-corrected chi connectivity index (χ3v) is 3.62. The number of halogens is 4. The Labute approximate surface area is 125 Å². The van der Waals surface area contributed by atoms with Crippen LogP contribution < -0.4 is 0 Å². The van der Waals surface area contributed by atoms with Crippen molar-refractivity contribution in [2.45, 2.75) is 12.3 Å². The van der Waals surface area contributed by atoms with Crippen molar-refractivity contribution < 1.29 is 13.2 Å². The molecule has 3 aromatic rings. The van der Waals surface area contributed by atoms with E-state index < -0.39 is 17.5 Å². The van der Waals surface area contributed by atoms with Crippen LogP contribution in [0.2, 0.25) is 0 Å². The molecule has 0 saturated heterocycles. The van der Waals surface area contributed by atoms with Gasteiger partial charge in [-0.05, 0) is 6.92 Å². The molecule has 0 amide bonds. The van der Waals surface area contributed by atoms with Gasteiger partial charge in [0.05, 0.1) is 17.0 Å². The number of hydrogen-bond acceptors (Lipinski definition) is 3. The molecule has 0 spiro atoms. The first-order chi connectivity index (χ1) is 10.0. The molecule has 8 heteroatoms. The fourth-order valence-electron chi connectivity index (χ4n) is 2.25. The molecular formula is C13H8BrF3N4. The molecule has 21 heavy (non-hydrogen) atoms. The minimum atomic E-state index is -0.987. The van der Waals surface area contributed by atoms with Crippen molar-refractivity contribution in [1.82, 2.24) is 19.6 Å². The first-order valence-electron chi connectivity index (χ1n) is 5.93. The van der Waals surface area contributed by atoms with Crippen LogP contribution in [0.5, 0.6) is 0 Å². The summed E-state index contributed by atoms with van der Waals surface area (Å²) in [4.78, 5) is 8.12. The maximum atomic E-state index is 14.1. The summed E-state index contributed by atoms with van der Waals surface area (Å²) in [6.07, 6.45) is 1.30. The Morgan fingerprint density at radius 2 is 1.81 bits per heavy atom. The van der Waals surface area contributed by atoms with E-state index in [4.69, 9.17) is 0 Å². The van der Waals surface area contributed by atoms with Crippen LogP contribution in [0.4, 0.5) is 13.2 Å². The molecule has 0 bridgehead atoms. The second-order valence-corrected chi connectivity index (χ2v) is 4.93. The molecule has 3 rings (SSSR count). The summed E-state index contributed by atoms with van der Waals surface area (Å²) in [5.41, 5.74) is 0.780. The molecule has 0 aliphatic carbocycles. The zero-order chi connectivity index (χ0) is 15.1. The molecule has 108 valence electrons. The minimum Gasteiger partial charge on any atom is -0.216 e. The summed E-state index contributed by atoms with van der Waals surface area (Å²) < 4.78 is 42.6. The molecule has 1 aromatic carbocycles. The molecule has 0 fully saturated rings. The SMILES string of the molecule is Cc1nc2ncnn2c(CBr)c1-c1c(F)cc(F)cc1F.